The summed E-state index contributed by atoms with van der Waals surface area (Å²) in [5, 5.41) is 4.95. The van der Waals surface area contributed by atoms with Crippen LogP contribution in [0.3, 0.4) is 0 Å². The summed E-state index contributed by atoms with van der Waals surface area (Å²) < 4.78 is 2.48. The van der Waals surface area contributed by atoms with Gasteiger partial charge in [-0.1, -0.05) is 18.2 Å². The Morgan fingerprint density at radius 3 is 2.65 bits per heavy atom. The molecule has 3 heteroatoms. The topological polar surface area (TPSA) is 17.0 Å². The molecule has 0 bridgehead atoms. The van der Waals surface area contributed by atoms with Crippen molar-refractivity contribution in [2.75, 3.05) is 12.0 Å². The molecule has 0 aliphatic rings. The average molecular weight is 290 g/mol. The lowest BCUT2D eigenvalue weighted by Crippen LogP contribution is -2.35. The van der Waals surface area contributed by atoms with Gasteiger partial charge >= 0.3 is 0 Å². The van der Waals surface area contributed by atoms with Crippen molar-refractivity contribution in [1.29, 1.82) is 0 Å². The fourth-order valence-corrected chi connectivity index (χ4v) is 2.82. The lowest BCUT2D eigenvalue weighted by molar-refractivity contribution is 0.416. The van der Waals surface area contributed by atoms with E-state index in [4.69, 9.17) is 0 Å². The Morgan fingerprint density at radius 1 is 1.20 bits per heavy atom. The van der Waals surface area contributed by atoms with Gasteiger partial charge in [-0.2, -0.15) is 11.8 Å². The molecule has 0 amide bonds. The Kier molecular flexibility index (Phi) is 5.17. The van der Waals surface area contributed by atoms with Gasteiger partial charge in [0, 0.05) is 29.8 Å². The molecule has 0 saturated carbocycles. The maximum absolute atomic E-state index is 3.60. The van der Waals surface area contributed by atoms with Crippen LogP contribution in [0.4, 0.5) is 0 Å². The summed E-state index contributed by atoms with van der Waals surface area (Å²) >= 11 is 1.92. The molecule has 2 nitrogen and oxygen atoms in total. The first-order chi connectivity index (χ1) is 9.51. The predicted octanol–water partition coefficient (Wildman–Crippen LogP) is 4.28. The van der Waals surface area contributed by atoms with Crippen LogP contribution in [-0.4, -0.2) is 22.1 Å². The molecule has 1 aromatic carbocycles. The van der Waals surface area contributed by atoms with Crippen molar-refractivity contribution < 1.29 is 0 Å². The van der Waals surface area contributed by atoms with E-state index in [2.05, 4.69) is 67.2 Å². The Bertz CT molecular complexity index is 552. The molecule has 0 spiro atoms. The van der Waals surface area contributed by atoms with Crippen LogP contribution in [-0.2, 0) is 13.1 Å². The first-order valence-electron chi connectivity index (χ1n) is 7.32. The molecule has 0 aliphatic heterocycles. The van der Waals surface area contributed by atoms with Crippen molar-refractivity contribution in [3.05, 3.63) is 36.0 Å². The zero-order valence-electron chi connectivity index (χ0n) is 13.1. The summed E-state index contributed by atoms with van der Waals surface area (Å²) in [6, 6.07) is 11.0. The Labute approximate surface area is 126 Å². The number of fused-ring (bicyclic) bond motifs is 1. The van der Waals surface area contributed by atoms with Gasteiger partial charge in [-0.3, -0.25) is 0 Å². The van der Waals surface area contributed by atoms with E-state index in [-0.39, 0.29) is 5.54 Å². The van der Waals surface area contributed by atoms with Crippen molar-refractivity contribution in [3.8, 4) is 0 Å². The standard InChI is InChI=1S/C17H26N2S/c1-17(2,3)18-13-15-12-14-8-5-6-9-16(14)19(15)10-7-11-20-4/h5-6,8-9,12,18H,7,10-11,13H2,1-4H3. The minimum atomic E-state index is 0.153. The van der Waals surface area contributed by atoms with Crippen LogP contribution in [0.25, 0.3) is 10.9 Å². The van der Waals surface area contributed by atoms with Crippen LogP contribution >= 0.6 is 11.8 Å². The van der Waals surface area contributed by atoms with Gasteiger partial charge in [0.2, 0.25) is 0 Å². The maximum Gasteiger partial charge on any atom is 0.0482 e. The molecule has 20 heavy (non-hydrogen) atoms. The highest BCUT2D eigenvalue weighted by molar-refractivity contribution is 7.98. The molecular formula is C17H26N2S. The van der Waals surface area contributed by atoms with Gasteiger partial charge in [0.15, 0.2) is 0 Å². The molecule has 0 fully saturated rings. The third-order valence-electron chi connectivity index (χ3n) is 3.43. The number of benzene rings is 1. The van der Waals surface area contributed by atoms with E-state index in [1.54, 1.807) is 0 Å². The SMILES string of the molecule is CSCCCn1c(CNC(C)(C)C)cc2ccccc21. The number of aromatic nitrogens is 1. The van der Waals surface area contributed by atoms with Gasteiger partial charge in [-0.25, -0.2) is 0 Å². The Hall–Kier alpha value is -0.930. The van der Waals surface area contributed by atoms with E-state index in [1.807, 2.05) is 11.8 Å². The Morgan fingerprint density at radius 2 is 1.95 bits per heavy atom. The number of rotatable bonds is 6. The third-order valence-corrected chi connectivity index (χ3v) is 4.12. The molecular weight excluding hydrogens is 264 g/mol. The second-order valence-electron chi connectivity index (χ2n) is 6.30. The number of para-hydroxylation sites is 1. The van der Waals surface area contributed by atoms with E-state index < -0.39 is 0 Å². The van der Waals surface area contributed by atoms with Crippen molar-refractivity contribution >= 4 is 22.7 Å². The second kappa shape index (κ2) is 6.68. The fraction of sp³-hybridized carbons (Fsp3) is 0.529. The molecule has 0 unspecified atom stereocenters. The van der Waals surface area contributed by atoms with Crippen molar-refractivity contribution in [2.45, 2.75) is 45.8 Å². The van der Waals surface area contributed by atoms with Crippen LogP contribution in [0.1, 0.15) is 32.9 Å². The normalized spacial score (nSPS) is 12.2. The fourth-order valence-electron chi connectivity index (χ4n) is 2.40. The van der Waals surface area contributed by atoms with Gasteiger partial charge in [-0.05, 0) is 56.7 Å². The zero-order chi connectivity index (χ0) is 14.6. The molecule has 110 valence electrons. The first-order valence-corrected chi connectivity index (χ1v) is 8.72. The monoisotopic (exact) mass is 290 g/mol. The molecule has 0 atom stereocenters. The van der Waals surface area contributed by atoms with Crippen molar-refractivity contribution in [3.63, 3.8) is 0 Å². The van der Waals surface area contributed by atoms with Crippen LogP contribution in [0, 0.1) is 0 Å². The number of thioether (sulfide) groups is 1. The summed E-state index contributed by atoms with van der Waals surface area (Å²) in [5.74, 6) is 1.22. The van der Waals surface area contributed by atoms with E-state index in [0.717, 1.165) is 13.1 Å². The summed E-state index contributed by atoms with van der Waals surface area (Å²) in [5.41, 5.74) is 2.90. The summed E-state index contributed by atoms with van der Waals surface area (Å²) in [6.45, 7) is 8.68. The molecule has 1 heterocycles. The lowest BCUT2D eigenvalue weighted by Gasteiger charge is -2.21. The highest BCUT2D eigenvalue weighted by atomic mass is 32.2. The third kappa shape index (κ3) is 4.03. The molecule has 2 aromatic rings. The first kappa shape index (κ1) is 15.5. The number of nitrogens with zero attached hydrogens (tertiary/aromatic N) is 1. The molecule has 1 N–H and O–H groups in total. The largest absolute Gasteiger partial charge is 0.343 e. The quantitative estimate of drug-likeness (QED) is 0.800. The van der Waals surface area contributed by atoms with E-state index in [1.165, 1.54) is 28.8 Å². The van der Waals surface area contributed by atoms with Crippen LogP contribution < -0.4 is 5.32 Å². The second-order valence-corrected chi connectivity index (χ2v) is 7.28. The highest BCUT2D eigenvalue weighted by Crippen LogP contribution is 2.21. The minimum Gasteiger partial charge on any atom is -0.343 e. The molecule has 2 rings (SSSR count). The van der Waals surface area contributed by atoms with Crippen LogP contribution in [0.15, 0.2) is 30.3 Å². The van der Waals surface area contributed by atoms with Gasteiger partial charge in [0.05, 0.1) is 0 Å². The lowest BCUT2D eigenvalue weighted by atomic mass is 10.1. The summed E-state index contributed by atoms with van der Waals surface area (Å²) in [7, 11) is 0. The van der Waals surface area contributed by atoms with Gasteiger partial charge in [0.1, 0.15) is 0 Å². The molecule has 0 saturated heterocycles. The van der Waals surface area contributed by atoms with Gasteiger partial charge in [0.25, 0.3) is 0 Å². The van der Waals surface area contributed by atoms with E-state index >= 15 is 0 Å². The maximum atomic E-state index is 3.60. The summed E-state index contributed by atoms with van der Waals surface area (Å²) in [4.78, 5) is 0. The van der Waals surface area contributed by atoms with Crippen molar-refractivity contribution in [1.82, 2.24) is 9.88 Å². The average Bonchev–Trinajstić information content (AvgIpc) is 2.74. The smallest absolute Gasteiger partial charge is 0.0482 e. The van der Waals surface area contributed by atoms with Crippen LogP contribution in [0.5, 0.6) is 0 Å². The molecule has 0 radical (unpaired) electrons. The minimum absolute atomic E-state index is 0.153. The van der Waals surface area contributed by atoms with E-state index in [9.17, 15) is 0 Å². The van der Waals surface area contributed by atoms with E-state index in [0.29, 0.717) is 0 Å². The summed E-state index contributed by atoms with van der Waals surface area (Å²) in [6.07, 6.45) is 3.40. The Balaban J connectivity index is 2.24. The number of hydrogen-bond donors (Lipinski definition) is 1. The molecule has 0 aliphatic carbocycles. The van der Waals surface area contributed by atoms with Crippen molar-refractivity contribution in [2.24, 2.45) is 0 Å². The number of hydrogen-bond acceptors (Lipinski definition) is 2. The van der Waals surface area contributed by atoms with Crippen LogP contribution in [0.2, 0.25) is 0 Å². The molecule has 1 aromatic heterocycles. The van der Waals surface area contributed by atoms with Gasteiger partial charge in [-0.15, -0.1) is 0 Å². The van der Waals surface area contributed by atoms with Gasteiger partial charge < -0.3 is 9.88 Å². The predicted molar refractivity (Wildman–Crippen MR) is 91.5 cm³/mol. The number of aryl methyl sites for hydroxylation is 1. The highest BCUT2D eigenvalue weighted by Gasteiger charge is 2.12. The number of nitrogens with one attached hydrogen (secondary N) is 1. The zero-order valence-corrected chi connectivity index (χ0v) is 13.9.